The first-order valence-corrected chi connectivity index (χ1v) is 9.18. The number of rotatable bonds is 10. The van der Waals surface area contributed by atoms with E-state index in [2.05, 4.69) is 0 Å². The van der Waals surface area contributed by atoms with Crippen LogP contribution in [-0.4, -0.2) is 47.2 Å². The van der Waals surface area contributed by atoms with Crippen molar-refractivity contribution in [3.8, 4) is 0 Å². The Morgan fingerprint density at radius 3 is 2.08 bits per heavy atom. The van der Waals surface area contributed by atoms with Crippen molar-refractivity contribution in [2.45, 2.75) is 32.6 Å². The minimum atomic E-state index is -3.76. The minimum absolute atomic E-state index is 0.0232. The van der Waals surface area contributed by atoms with Crippen LogP contribution >= 0.6 is 0 Å². The van der Waals surface area contributed by atoms with Gasteiger partial charge in [-0.2, -0.15) is 8.42 Å². The highest BCUT2D eigenvalue weighted by molar-refractivity contribution is 7.86. The lowest BCUT2D eigenvalue weighted by Crippen LogP contribution is -2.25. The molecule has 0 heterocycles. The molecule has 0 amide bonds. The van der Waals surface area contributed by atoms with E-state index in [4.69, 9.17) is 13.7 Å². The van der Waals surface area contributed by atoms with E-state index < -0.39 is 15.5 Å². The molecule has 6 nitrogen and oxygen atoms in total. The molecule has 0 aromatic heterocycles. The van der Waals surface area contributed by atoms with Crippen molar-refractivity contribution in [1.29, 1.82) is 0 Å². The van der Waals surface area contributed by atoms with Gasteiger partial charge in [-0.15, -0.1) is 0 Å². The summed E-state index contributed by atoms with van der Waals surface area (Å²) in [5.41, 5.74) is 0.557. The Morgan fingerprint density at radius 2 is 1.50 bits per heavy atom. The first-order valence-electron chi connectivity index (χ1n) is 7.78. The van der Waals surface area contributed by atoms with E-state index in [-0.39, 0.29) is 43.7 Å². The fourth-order valence-corrected chi connectivity index (χ4v) is 2.47. The van der Waals surface area contributed by atoms with Gasteiger partial charge in [-0.25, -0.2) is 0 Å². The Labute approximate surface area is 144 Å². The molecule has 0 bridgehead atoms. The summed E-state index contributed by atoms with van der Waals surface area (Å²) in [4.78, 5) is 11.7. The number of Topliss-reactive ketones (excluding diaryl/α,β-unsaturated/α-hetero) is 1. The standard InChI is InChI=1S/C17H26O6S/c1-14-5-7-15(8-6-14)24(19,20)23-12-11-21-9-10-22-13-16(18)17(2,3)4/h5-8H,9-13H2,1-4H3. The van der Waals surface area contributed by atoms with Gasteiger partial charge in [0.1, 0.15) is 6.61 Å². The van der Waals surface area contributed by atoms with Crippen LogP contribution in [0, 0.1) is 12.3 Å². The van der Waals surface area contributed by atoms with Crippen LogP contribution in [0.4, 0.5) is 0 Å². The van der Waals surface area contributed by atoms with E-state index in [0.717, 1.165) is 5.56 Å². The second kappa shape index (κ2) is 9.27. The van der Waals surface area contributed by atoms with Crippen molar-refractivity contribution >= 4 is 15.9 Å². The van der Waals surface area contributed by atoms with E-state index in [1.54, 1.807) is 12.1 Å². The molecule has 0 saturated heterocycles. The van der Waals surface area contributed by atoms with E-state index in [9.17, 15) is 13.2 Å². The highest BCUT2D eigenvalue weighted by atomic mass is 32.2. The van der Waals surface area contributed by atoms with E-state index in [1.807, 2.05) is 27.7 Å². The maximum atomic E-state index is 11.9. The summed E-state index contributed by atoms with van der Waals surface area (Å²) in [5.74, 6) is 0.0232. The van der Waals surface area contributed by atoms with Gasteiger partial charge < -0.3 is 9.47 Å². The van der Waals surface area contributed by atoms with Gasteiger partial charge in [0.15, 0.2) is 5.78 Å². The van der Waals surface area contributed by atoms with Gasteiger partial charge in [0.25, 0.3) is 10.1 Å². The predicted molar refractivity (Wildman–Crippen MR) is 90.4 cm³/mol. The van der Waals surface area contributed by atoms with Crippen molar-refractivity contribution in [3.63, 3.8) is 0 Å². The number of ether oxygens (including phenoxy) is 2. The fourth-order valence-electron chi connectivity index (χ4n) is 1.58. The van der Waals surface area contributed by atoms with E-state index in [0.29, 0.717) is 0 Å². The molecule has 0 saturated carbocycles. The Bertz CT molecular complexity index is 613. The maximum absolute atomic E-state index is 11.9. The first kappa shape index (κ1) is 20.8. The third kappa shape index (κ3) is 7.53. The van der Waals surface area contributed by atoms with Crippen LogP contribution in [0.25, 0.3) is 0 Å². The maximum Gasteiger partial charge on any atom is 0.297 e. The SMILES string of the molecule is Cc1ccc(S(=O)(=O)OCCOCCOCC(=O)C(C)(C)C)cc1. The molecule has 0 N–H and O–H groups in total. The number of ketones is 1. The number of hydrogen-bond acceptors (Lipinski definition) is 6. The lowest BCUT2D eigenvalue weighted by Gasteiger charge is -2.16. The van der Waals surface area contributed by atoms with Crippen LogP contribution in [0.15, 0.2) is 29.2 Å². The topological polar surface area (TPSA) is 78.9 Å². The zero-order valence-electron chi connectivity index (χ0n) is 14.7. The summed E-state index contributed by atoms with van der Waals surface area (Å²) in [6.07, 6.45) is 0. The molecule has 0 aliphatic rings. The Morgan fingerprint density at radius 1 is 0.958 bits per heavy atom. The molecule has 0 aliphatic heterocycles. The first-order chi connectivity index (χ1) is 11.1. The minimum Gasteiger partial charge on any atom is -0.377 e. The van der Waals surface area contributed by atoms with Crippen molar-refractivity contribution in [1.82, 2.24) is 0 Å². The molecular formula is C17H26O6S. The number of hydrogen-bond donors (Lipinski definition) is 0. The van der Waals surface area contributed by atoms with Gasteiger partial charge in [0.05, 0.1) is 31.3 Å². The summed E-state index contributed by atoms with van der Waals surface area (Å²) in [6, 6.07) is 6.43. The smallest absolute Gasteiger partial charge is 0.297 e. The van der Waals surface area contributed by atoms with Crippen molar-refractivity contribution < 1.29 is 26.9 Å². The normalized spacial score (nSPS) is 12.3. The molecule has 1 aromatic rings. The fraction of sp³-hybridized carbons (Fsp3) is 0.588. The second-order valence-electron chi connectivity index (χ2n) is 6.43. The molecule has 0 unspecified atom stereocenters. The highest BCUT2D eigenvalue weighted by Crippen LogP contribution is 2.14. The molecule has 1 aromatic carbocycles. The third-order valence-corrected chi connectivity index (χ3v) is 4.54. The van der Waals surface area contributed by atoms with Crippen molar-refractivity contribution in [2.24, 2.45) is 5.41 Å². The van der Waals surface area contributed by atoms with Crippen LogP contribution in [0.5, 0.6) is 0 Å². The van der Waals surface area contributed by atoms with Gasteiger partial charge in [0, 0.05) is 5.41 Å². The molecule has 0 fully saturated rings. The summed E-state index contributed by atoms with van der Waals surface area (Å²) >= 11 is 0. The molecule has 136 valence electrons. The number of aryl methyl sites for hydroxylation is 1. The molecule has 0 spiro atoms. The number of carbonyl (C=O) groups is 1. The van der Waals surface area contributed by atoms with Crippen LogP contribution in [-0.2, 0) is 28.6 Å². The Kier molecular flexibility index (Phi) is 8.02. The lowest BCUT2D eigenvalue weighted by molar-refractivity contribution is -0.131. The lowest BCUT2D eigenvalue weighted by atomic mass is 9.91. The molecule has 0 atom stereocenters. The average Bonchev–Trinajstić information content (AvgIpc) is 2.49. The second-order valence-corrected chi connectivity index (χ2v) is 8.04. The van der Waals surface area contributed by atoms with Crippen molar-refractivity contribution in [3.05, 3.63) is 29.8 Å². The number of carbonyl (C=O) groups excluding carboxylic acids is 1. The van der Waals surface area contributed by atoms with Crippen molar-refractivity contribution in [2.75, 3.05) is 33.0 Å². The van der Waals surface area contributed by atoms with Crippen LogP contribution in [0.2, 0.25) is 0 Å². The Hall–Kier alpha value is -1.28. The highest BCUT2D eigenvalue weighted by Gasteiger charge is 2.20. The Balaban J connectivity index is 2.16. The van der Waals surface area contributed by atoms with Gasteiger partial charge >= 0.3 is 0 Å². The summed E-state index contributed by atoms with van der Waals surface area (Å²) in [7, 11) is -3.76. The molecule has 7 heteroatoms. The average molecular weight is 358 g/mol. The van der Waals surface area contributed by atoms with Crippen LogP contribution in [0.1, 0.15) is 26.3 Å². The number of benzene rings is 1. The van der Waals surface area contributed by atoms with Crippen LogP contribution < -0.4 is 0 Å². The van der Waals surface area contributed by atoms with Gasteiger partial charge in [-0.3, -0.25) is 8.98 Å². The van der Waals surface area contributed by atoms with Crippen LogP contribution in [0.3, 0.4) is 0 Å². The van der Waals surface area contributed by atoms with Gasteiger partial charge in [0.2, 0.25) is 0 Å². The van der Waals surface area contributed by atoms with Gasteiger partial charge in [-0.1, -0.05) is 38.5 Å². The molecule has 0 aliphatic carbocycles. The molecule has 1 rings (SSSR count). The van der Waals surface area contributed by atoms with E-state index >= 15 is 0 Å². The monoisotopic (exact) mass is 358 g/mol. The summed E-state index contributed by atoms with van der Waals surface area (Å²) < 4.78 is 39.2. The molecular weight excluding hydrogens is 332 g/mol. The summed E-state index contributed by atoms with van der Waals surface area (Å²) in [6.45, 7) is 8.02. The largest absolute Gasteiger partial charge is 0.377 e. The zero-order chi connectivity index (χ0) is 18.2. The molecule has 0 radical (unpaired) electrons. The zero-order valence-corrected chi connectivity index (χ0v) is 15.5. The van der Waals surface area contributed by atoms with Gasteiger partial charge in [-0.05, 0) is 19.1 Å². The van der Waals surface area contributed by atoms with E-state index in [1.165, 1.54) is 12.1 Å². The quantitative estimate of drug-likeness (QED) is 0.472. The third-order valence-electron chi connectivity index (χ3n) is 3.22. The summed E-state index contributed by atoms with van der Waals surface area (Å²) in [5, 5.41) is 0. The molecule has 24 heavy (non-hydrogen) atoms. The predicted octanol–water partition coefficient (Wildman–Crippen LogP) is 2.35.